The number of methoxy groups -OCH3 is 1. The highest BCUT2D eigenvalue weighted by Crippen LogP contribution is 2.35. The summed E-state index contributed by atoms with van der Waals surface area (Å²) in [5, 5.41) is 18.3. The van der Waals surface area contributed by atoms with Crippen molar-refractivity contribution in [3.8, 4) is 11.8 Å². The number of nitriles is 1. The number of benzene rings is 1. The second-order valence-corrected chi connectivity index (χ2v) is 10.7. The minimum Gasteiger partial charge on any atom is -0.493 e. The van der Waals surface area contributed by atoms with Crippen LogP contribution in [0.3, 0.4) is 0 Å². The highest BCUT2D eigenvalue weighted by Gasteiger charge is 2.39. The molecule has 192 valence electrons. The quantitative estimate of drug-likeness (QED) is 0.405. The van der Waals surface area contributed by atoms with Gasteiger partial charge in [-0.25, -0.2) is 4.39 Å². The first-order valence-corrected chi connectivity index (χ1v) is 12.3. The lowest BCUT2D eigenvalue weighted by molar-refractivity contribution is -0.125. The number of nitrogens with zero attached hydrogens (tertiary/aromatic N) is 1. The van der Waals surface area contributed by atoms with Crippen molar-refractivity contribution in [3.63, 3.8) is 0 Å². The summed E-state index contributed by atoms with van der Waals surface area (Å²) in [6.45, 7) is 3.82. The summed E-state index contributed by atoms with van der Waals surface area (Å²) in [6, 6.07) is 2.82. The number of carbonyl (C=O) groups is 3. The van der Waals surface area contributed by atoms with E-state index in [-0.39, 0.29) is 40.3 Å². The summed E-state index contributed by atoms with van der Waals surface area (Å²) in [5.74, 6) is -1.99. The summed E-state index contributed by atoms with van der Waals surface area (Å²) < 4.78 is 19.3. The predicted octanol–water partition coefficient (Wildman–Crippen LogP) is 3.18. The molecule has 0 radical (unpaired) electrons. The average molecular weight is 518 g/mol. The van der Waals surface area contributed by atoms with Crippen LogP contribution in [-0.4, -0.2) is 47.4 Å². The van der Waals surface area contributed by atoms with Crippen LogP contribution in [0.4, 0.5) is 4.39 Å². The zero-order valence-corrected chi connectivity index (χ0v) is 21.1. The molecule has 1 saturated heterocycles. The third-order valence-corrected chi connectivity index (χ3v) is 6.99. The maximum atomic E-state index is 14.2. The molecule has 2 fully saturated rings. The highest BCUT2D eigenvalue weighted by molar-refractivity contribution is 6.35. The molecule has 2 heterocycles. The first-order chi connectivity index (χ1) is 17.0. The van der Waals surface area contributed by atoms with Crippen molar-refractivity contribution in [2.45, 2.75) is 63.6 Å². The van der Waals surface area contributed by atoms with Gasteiger partial charge < -0.3 is 25.7 Å². The molecule has 3 amide bonds. The van der Waals surface area contributed by atoms with Gasteiger partial charge in [-0.05, 0) is 51.2 Å². The molecule has 1 aromatic carbocycles. The maximum Gasteiger partial charge on any atom is 0.268 e. The predicted molar refractivity (Wildman–Crippen MR) is 131 cm³/mol. The van der Waals surface area contributed by atoms with Crippen LogP contribution >= 0.6 is 11.6 Å². The van der Waals surface area contributed by atoms with Gasteiger partial charge >= 0.3 is 0 Å². The summed E-state index contributed by atoms with van der Waals surface area (Å²) in [5.41, 5.74) is 0.0687. The monoisotopic (exact) mass is 517 g/mol. The zero-order valence-electron chi connectivity index (χ0n) is 20.3. The van der Waals surface area contributed by atoms with Crippen LogP contribution in [0.1, 0.15) is 56.4 Å². The third-order valence-electron chi connectivity index (χ3n) is 6.69. The number of ether oxygens (including phenoxy) is 1. The van der Waals surface area contributed by atoms with E-state index in [2.05, 4.69) is 27.0 Å². The van der Waals surface area contributed by atoms with Gasteiger partial charge in [0.1, 0.15) is 17.8 Å². The largest absolute Gasteiger partial charge is 0.493 e. The first-order valence-electron chi connectivity index (χ1n) is 11.9. The van der Waals surface area contributed by atoms with Crippen molar-refractivity contribution in [2.24, 2.45) is 11.8 Å². The van der Waals surface area contributed by atoms with Crippen molar-refractivity contribution in [1.29, 1.82) is 5.26 Å². The van der Waals surface area contributed by atoms with Gasteiger partial charge in [0, 0.05) is 16.8 Å². The molecule has 1 aliphatic carbocycles. The second kappa shape index (κ2) is 9.97. The number of fused-ring (bicyclic) bond motifs is 1. The van der Waals surface area contributed by atoms with E-state index in [9.17, 15) is 24.0 Å². The van der Waals surface area contributed by atoms with Crippen LogP contribution in [0.15, 0.2) is 12.1 Å². The molecule has 1 unspecified atom stereocenters. The number of H-pyrrole nitrogens is 1. The number of hydrogen-bond acceptors (Lipinski definition) is 5. The number of carbonyl (C=O) groups excluding carboxylic acids is 3. The normalized spacial score (nSPS) is 20.3. The number of aromatic nitrogens is 1. The van der Waals surface area contributed by atoms with Gasteiger partial charge in [0.15, 0.2) is 11.6 Å². The van der Waals surface area contributed by atoms with E-state index < -0.39 is 29.7 Å². The third kappa shape index (κ3) is 5.57. The maximum absolute atomic E-state index is 14.2. The van der Waals surface area contributed by atoms with Crippen LogP contribution in [0.25, 0.3) is 10.9 Å². The van der Waals surface area contributed by atoms with E-state index in [1.165, 1.54) is 13.2 Å². The lowest BCUT2D eigenvalue weighted by Gasteiger charge is -2.21. The first kappa shape index (κ1) is 25.8. The fourth-order valence-corrected chi connectivity index (χ4v) is 5.02. The minimum absolute atomic E-state index is 0.0482. The number of rotatable bonds is 9. The minimum atomic E-state index is -0.879. The van der Waals surface area contributed by atoms with E-state index in [4.69, 9.17) is 16.3 Å². The smallest absolute Gasteiger partial charge is 0.268 e. The second-order valence-electron chi connectivity index (χ2n) is 10.3. The van der Waals surface area contributed by atoms with Crippen molar-refractivity contribution in [3.05, 3.63) is 28.7 Å². The molecule has 1 aliphatic heterocycles. The Bertz CT molecular complexity index is 1250. The van der Waals surface area contributed by atoms with E-state index in [0.717, 1.165) is 18.9 Å². The van der Waals surface area contributed by atoms with E-state index in [0.29, 0.717) is 29.7 Å². The van der Waals surface area contributed by atoms with Crippen LogP contribution in [0.5, 0.6) is 5.75 Å². The molecule has 1 saturated carbocycles. The topological polar surface area (TPSA) is 136 Å². The fraction of sp³-hybridized carbons (Fsp3) is 0.520. The Morgan fingerprint density at radius 1 is 1.31 bits per heavy atom. The van der Waals surface area contributed by atoms with Gasteiger partial charge in [-0.2, -0.15) is 5.26 Å². The van der Waals surface area contributed by atoms with E-state index >= 15 is 0 Å². The van der Waals surface area contributed by atoms with Crippen LogP contribution in [0, 0.1) is 29.0 Å². The van der Waals surface area contributed by atoms with E-state index in [1.807, 2.05) is 13.8 Å². The molecule has 0 bridgehead atoms. The summed E-state index contributed by atoms with van der Waals surface area (Å²) >= 11 is 6.13. The Hall–Kier alpha value is -3.32. The van der Waals surface area contributed by atoms with Crippen molar-refractivity contribution >= 4 is 40.2 Å². The number of amides is 3. The summed E-state index contributed by atoms with van der Waals surface area (Å²) in [4.78, 5) is 41.3. The standard InChI is InChI=1S/C25H29ClFN5O4/c1-25(2)10-13(22(33)32-25)7-14(11-28)29-23(34)18(6-12-4-5-12)31-24(35)19-8-15-20(30-19)16(26)9-17(27)21(15)36-3/h8-9,12-14,18,30H,4-7,10H2,1-3H3,(H,29,34)(H,31,35)(H,32,33)/t13-,14+,18?/m1/s1. The molecule has 4 rings (SSSR count). The van der Waals surface area contributed by atoms with E-state index in [1.54, 1.807) is 0 Å². The Balaban J connectivity index is 1.48. The van der Waals surface area contributed by atoms with Gasteiger partial charge in [0.25, 0.3) is 5.91 Å². The Labute approximate surface area is 213 Å². The van der Waals surface area contributed by atoms with Gasteiger partial charge in [0.2, 0.25) is 11.8 Å². The highest BCUT2D eigenvalue weighted by atomic mass is 35.5. The molecule has 2 aliphatic rings. The van der Waals surface area contributed by atoms with Crippen LogP contribution in [0.2, 0.25) is 5.02 Å². The Morgan fingerprint density at radius 3 is 2.61 bits per heavy atom. The zero-order chi connectivity index (χ0) is 26.2. The molecule has 36 heavy (non-hydrogen) atoms. The van der Waals surface area contributed by atoms with Gasteiger partial charge in [-0.15, -0.1) is 0 Å². The molecule has 11 heteroatoms. The molecule has 3 atom stereocenters. The summed E-state index contributed by atoms with van der Waals surface area (Å²) in [7, 11) is 1.32. The molecule has 4 N–H and O–H groups in total. The van der Waals surface area contributed by atoms with Crippen LogP contribution in [-0.2, 0) is 9.59 Å². The Morgan fingerprint density at radius 2 is 2.03 bits per heavy atom. The fourth-order valence-electron chi connectivity index (χ4n) is 4.77. The van der Waals surface area contributed by atoms with Gasteiger partial charge in [-0.3, -0.25) is 14.4 Å². The van der Waals surface area contributed by atoms with Gasteiger partial charge in [-0.1, -0.05) is 24.4 Å². The lowest BCUT2D eigenvalue weighted by atomic mass is 9.92. The Kier molecular flexibility index (Phi) is 7.14. The summed E-state index contributed by atoms with van der Waals surface area (Å²) in [6.07, 6.45) is 3.09. The number of nitrogens with one attached hydrogen (secondary N) is 4. The van der Waals surface area contributed by atoms with Crippen molar-refractivity contribution in [1.82, 2.24) is 20.9 Å². The number of aromatic amines is 1. The molecule has 9 nitrogen and oxygen atoms in total. The van der Waals surface area contributed by atoms with Crippen molar-refractivity contribution < 1.29 is 23.5 Å². The molecular weight excluding hydrogens is 489 g/mol. The molecule has 0 spiro atoms. The molecular formula is C25H29ClFN5O4. The molecule has 2 aromatic rings. The van der Waals surface area contributed by atoms with Crippen LogP contribution < -0.4 is 20.7 Å². The lowest BCUT2D eigenvalue weighted by Crippen LogP contribution is -2.50. The molecule has 1 aromatic heterocycles. The SMILES string of the molecule is COc1c(F)cc(Cl)c2[nH]c(C(=O)NC(CC3CC3)C(=O)N[C@H](C#N)C[C@@H]3CC(C)(C)NC3=O)cc12. The number of halogens is 2. The van der Waals surface area contributed by atoms with Gasteiger partial charge in [0.05, 0.1) is 23.7 Å². The van der Waals surface area contributed by atoms with Crippen molar-refractivity contribution in [2.75, 3.05) is 7.11 Å². The average Bonchev–Trinajstić information content (AvgIpc) is 3.43. The number of hydrogen-bond donors (Lipinski definition) is 4.